The first-order valence-electron chi connectivity index (χ1n) is 8.31. The third-order valence-corrected chi connectivity index (χ3v) is 4.03. The molecular weight excluding hydrogens is 362 g/mol. The summed E-state index contributed by atoms with van der Waals surface area (Å²) in [5.41, 5.74) is 2.68. The van der Waals surface area contributed by atoms with Gasteiger partial charge < -0.3 is 19.1 Å². The fraction of sp³-hybridized carbons (Fsp3) is 0.105. The SMILES string of the molecule is COc1nc(-c2cnoc2)cnc1NC(=O)c1c(-c2ccccc2)noc1C. The third kappa shape index (κ3) is 3.20. The first-order valence-corrected chi connectivity index (χ1v) is 8.31. The molecule has 1 N–H and O–H groups in total. The Morgan fingerprint density at radius 2 is 1.96 bits per heavy atom. The largest absolute Gasteiger partial charge is 0.478 e. The van der Waals surface area contributed by atoms with Gasteiger partial charge in [0, 0.05) is 5.56 Å². The van der Waals surface area contributed by atoms with E-state index in [4.69, 9.17) is 13.8 Å². The van der Waals surface area contributed by atoms with E-state index in [1.807, 2.05) is 30.3 Å². The lowest BCUT2D eigenvalue weighted by Gasteiger charge is -2.09. The Labute approximate surface area is 159 Å². The summed E-state index contributed by atoms with van der Waals surface area (Å²) in [4.78, 5) is 21.5. The van der Waals surface area contributed by atoms with Crippen LogP contribution in [-0.4, -0.2) is 33.3 Å². The van der Waals surface area contributed by atoms with Crippen molar-refractivity contribution in [2.75, 3.05) is 12.4 Å². The number of aromatic nitrogens is 4. The third-order valence-electron chi connectivity index (χ3n) is 4.03. The van der Waals surface area contributed by atoms with Gasteiger partial charge in [-0.25, -0.2) is 9.97 Å². The van der Waals surface area contributed by atoms with Crippen LogP contribution < -0.4 is 10.1 Å². The smallest absolute Gasteiger partial charge is 0.262 e. The molecule has 3 heterocycles. The van der Waals surface area contributed by atoms with Crippen molar-refractivity contribution in [1.82, 2.24) is 20.3 Å². The fourth-order valence-corrected chi connectivity index (χ4v) is 2.67. The number of carbonyl (C=O) groups excluding carboxylic acids is 1. The summed E-state index contributed by atoms with van der Waals surface area (Å²) in [5, 5.41) is 10.4. The van der Waals surface area contributed by atoms with Crippen LogP contribution in [0, 0.1) is 6.92 Å². The standard InChI is InChI=1S/C19H15N5O4/c1-11-15(16(24-28-11)12-6-4-3-5-7-12)18(25)23-17-19(26-2)22-14(9-20-17)13-8-21-27-10-13/h3-10H,1-2H3,(H,20,23,25). The Kier molecular flexibility index (Phi) is 4.55. The predicted octanol–water partition coefficient (Wildman–Crippen LogP) is 3.36. The first kappa shape index (κ1) is 17.4. The van der Waals surface area contributed by atoms with E-state index in [1.54, 1.807) is 6.92 Å². The minimum absolute atomic E-state index is 0.155. The molecule has 0 radical (unpaired) electrons. The number of hydrogen-bond acceptors (Lipinski definition) is 8. The van der Waals surface area contributed by atoms with Gasteiger partial charge in [-0.1, -0.05) is 40.6 Å². The van der Waals surface area contributed by atoms with Crippen molar-refractivity contribution in [2.24, 2.45) is 0 Å². The zero-order chi connectivity index (χ0) is 19.5. The van der Waals surface area contributed by atoms with Gasteiger partial charge in [0.25, 0.3) is 11.8 Å². The number of ether oxygens (including phenoxy) is 1. The summed E-state index contributed by atoms with van der Waals surface area (Å²) in [6.45, 7) is 1.67. The number of nitrogens with zero attached hydrogens (tertiary/aromatic N) is 4. The Hall–Kier alpha value is -4.01. The number of amides is 1. The van der Waals surface area contributed by atoms with E-state index in [-0.39, 0.29) is 11.7 Å². The van der Waals surface area contributed by atoms with Crippen molar-refractivity contribution >= 4 is 11.7 Å². The fourth-order valence-electron chi connectivity index (χ4n) is 2.67. The maximum absolute atomic E-state index is 12.9. The Morgan fingerprint density at radius 3 is 2.68 bits per heavy atom. The molecule has 1 amide bonds. The molecule has 0 saturated carbocycles. The molecule has 0 saturated heterocycles. The van der Waals surface area contributed by atoms with Crippen molar-refractivity contribution in [1.29, 1.82) is 0 Å². The Balaban J connectivity index is 1.65. The molecule has 28 heavy (non-hydrogen) atoms. The molecule has 0 fully saturated rings. The van der Waals surface area contributed by atoms with Crippen LogP contribution in [-0.2, 0) is 0 Å². The number of hydrogen-bond donors (Lipinski definition) is 1. The molecule has 140 valence electrons. The molecule has 0 atom stereocenters. The molecule has 9 heteroatoms. The molecule has 0 bridgehead atoms. The van der Waals surface area contributed by atoms with Gasteiger partial charge in [-0.05, 0) is 6.92 Å². The molecule has 9 nitrogen and oxygen atoms in total. The molecule has 0 aliphatic heterocycles. The summed E-state index contributed by atoms with van der Waals surface area (Å²) in [6, 6.07) is 9.30. The van der Waals surface area contributed by atoms with E-state index < -0.39 is 5.91 Å². The summed E-state index contributed by atoms with van der Waals surface area (Å²) in [6.07, 6.45) is 4.44. The van der Waals surface area contributed by atoms with E-state index >= 15 is 0 Å². The first-order chi connectivity index (χ1) is 13.7. The van der Waals surface area contributed by atoms with Gasteiger partial charge in [0.1, 0.15) is 23.3 Å². The van der Waals surface area contributed by atoms with Crippen LogP contribution in [0.4, 0.5) is 5.82 Å². The number of methoxy groups -OCH3 is 1. The lowest BCUT2D eigenvalue weighted by atomic mass is 10.1. The van der Waals surface area contributed by atoms with Crippen LogP contribution in [0.5, 0.6) is 5.88 Å². The van der Waals surface area contributed by atoms with Crippen LogP contribution in [0.15, 0.2) is 58.0 Å². The number of benzene rings is 1. The lowest BCUT2D eigenvalue weighted by molar-refractivity contribution is 0.102. The average Bonchev–Trinajstić information content (AvgIpc) is 3.39. The summed E-state index contributed by atoms with van der Waals surface area (Å²) in [5.74, 6) is 0.294. The number of carbonyl (C=O) groups is 1. The van der Waals surface area contributed by atoms with Gasteiger partial charge in [0.15, 0.2) is 5.82 Å². The topological polar surface area (TPSA) is 116 Å². The minimum Gasteiger partial charge on any atom is -0.478 e. The highest BCUT2D eigenvalue weighted by Gasteiger charge is 2.23. The molecule has 0 unspecified atom stereocenters. The number of nitrogens with one attached hydrogen (secondary N) is 1. The predicted molar refractivity (Wildman–Crippen MR) is 98.7 cm³/mol. The van der Waals surface area contributed by atoms with Gasteiger partial charge in [0.05, 0.1) is 30.8 Å². The van der Waals surface area contributed by atoms with Crippen molar-refractivity contribution < 1.29 is 18.6 Å². The van der Waals surface area contributed by atoms with E-state index in [9.17, 15) is 4.79 Å². The van der Waals surface area contributed by atoms with Crippen LogP contribution in [0.25, 0.3) is 22.5 Å². The van der Waals surface area contributed by atoms with Crippen LogP contribution in [0.2, 0.25) is 0 Å². The van der Waals surface area contributed by atoms with Gasteiger partial charge in [-0.2, -0.15) is 0 Å². The van der Waals surface area contributed by atoms with Crippen LogP contribution in [0.1, 0.15) is 16.1 Å². The van der Waals surface area contributed by atoms with E-state index in [0.717, 1.165) is 5.56 Å². The highest BCUT2D eigenvalue weighted by atomic mass is 16.5. The number of rotatable bonds is 5. The van der Waals surface area contributed by atoms with Crippen LogP contribution >= 0.6 is 0 Å². The molecule has 0 spiro atoms. The van der Waals surface area contributed by atoms with Gasteiger partial charge in [-0.3, -0.25) is 4.79 Å². The maximum atomic E-state index is 12.9. The minimum atomic E-state index is -0.428. The van der Waals surface area contributed by atoms with E-state index in [2.05, 4.69) is 25.6 Å². The molecule has 4 rings (SSSR count). The van der Waals surface area contributed by atoms with Gasteiger partial charge >= 0.3 is 0 Å². The van der Waals surface area contributed by atoms with E-state index in [0.29, 0.717) is 28.3 Å². The second-order valence-corrected chi connectivity index (χ2v) is 5.81. The molecule has 1 aromatic carbocycles. The van der Waals surface area contributed by atoms with Crippen molar-refractivity contribution in [3.8, 4) is 28.4 Å². The number of aryl methyl sites for hydroxylation is 1. The number of anilines is 1. The molecular formula is C19H15N5O4. The van der Waals surface area contributed by atoms with Crippen molar-refractivity contribution in [3.63, 3.8) is 0 Å². The Morgan fingerprint density at radius 1 is 1.14 bits per heavy atom. The molecule has 3 aromatic heterocycles. The quantitative estimate of drug-likeness (QED) is 0.563. The zero-order valence-electron chi connectivity index (χ0n) is 15.0. The molecule has 0 aliphatic rings. The monoisotopic (exact) mass is 377 g/mol. The average molecular weight is 377 g/mol. The lowest BCUT2D eigenvalue weighted by Crippen LogP contribution is -2.15. The highest BCUT2D eigenvalue weighted by Crippen LogP contribution is 2.28. The summed E-state index contributed by atoms with van der Waals surface area (Å²) < 4.78 is 15.3. The summed E-state index contributed by atoms with van der Waals surface area (Å²) >= 11 is 0. The zero-order valence-corrected chi connectivity index (χ0v) is 15.0. The summed E-state index contributed by atoms with van der Waals surface area (Å²) in [7, 11) is 1.44. The van der Waals surface area contributed by atoms with Gasteiger partial charge in [-0.15, -0.1) is 0 Å². The normalized spacial score (nSPS) is 10.6. The maximum Gasteiger partial charge on any atom is 0.262 e. The van der Waals surface area contributed by atoms with Crippen molar-refractivity contribution in [3.05, 3.63) is 60.3 Å². The molecule has 4 aromatic rings. The Bertz CT molecular complexity index is 1110. The van der Waals surface area contributed by atoms with Crippen molar-refractivity contribution in [2.45, 2.75) is 6.92 Å². The highest BCUT2D eigenvalue weighted by molar-refractivity contribution is 6.08. The molecule has 0 aliphatic carbocycles. The second kappa shape index (κ2) is 7.31. The van der Waals surface area contributed by atoms with Crippen LogP contribution in [0.3, 0.4) is 0 Å². The van der Waals surface area contributed by atoms with E-state index in [1.165, 1.54) is 25.8 Å². The van der Waals surface area contributed by atoms with Gasteiger partial charge in [0.2, 0.25) is 0 Å². The second-order valence-electron chi connectivity index (χ2n) is 5.81.